The van der Waals surface area contributed by atoms with E-state index in [1.54, 1.807) is 12.1 Å². The quantitative estimate of drug-likeness (QED) is 0.864. The molecule has 4 heteroatoms. The maximum absolute atomic E-state index is 13.4. The van der Waals surface area contributed by atoms with E-state index >= 15 is 0 Å². The summed E-state index contributed by atoms with van der Waals surface area (Å²) in [6.07, 6.45) is 3.13. The van der Waals surface area contributed by atoms with Crippen LogP contribution < -0.4 is 5.32 Å². The monoisotopic (exact) mass is 251 g/mol. The lowest BCUT2D eigenvalue weighted by Crippen LogP contribution is -2.34. The van der Waals surface area contributed by atoms with Crippen molar-refractivity contribution in [3.63, 3.8) is 0 Å². The standard InChI is InChI=1S/C14H18FNO2/c15-13-4-2-1-3-11(13)9-16-12-7-5-10(6-8-12)14(17)18/h1-4,10,12,16H,5-9H2,(H,17,18). The number of hydrogen-bond donors (Lipinski definition) is 2. The van der Waals surface area contributed by atoms with E-state index in [1.807, 2.05) is 6.07 Å². The molecule has 1 saturated carbocycles. The molecule has 0 atom stereocenters. The van der Waals surface area contributed by atoms with Crippen molar-refractivity contribution < 1.29 is 14.3 Å². The van der Waals surface area contributed by atoms with Crippen LogP contribution in [0.1, 0.15) is 31.2 Å². The molecule has 0 unspecified atom stereocenters. The van der Waals surface area contributed by atoms with Crippen LogP contribution in [0.2, 0.25) is 0 Å². The first-order valence-corrected chi connectivity index (χ1v) is 6.36. The maximum atomic E-state index is 13.4. The molecule has 1 fully saturated rings. The number of nitrogens with one attached hydrogen (secondary N) is 1. The Hall–Kier alpha value is -1.42. The van der Waals surface area contributed by atoms with Crippen LogP contribution in [0, 0.1) is 11.7 Å². The van der Waals surface area contributed by atoms with E-state index in [-0.39, 0.29) is 11.7 Å². The largest absolute Gasteiger partial charge is 0.481 e. The van der Waals surface area contributed by atoms with E-state index < -0.39 is 5.97 Å². The Kier molecular flexibility index (Phi) is 4.31. The van der Waals surface area contributed by atoms with Gasteiger partial charge in [0.25, 0.3) is 0 Å². The van der Waals surface area contributed by atoms with Crippen LogP contribution in [-0.4, -0.2) is 17.1 Å². The molecular weight excluding hydrogens is 233 g/mol. The molecule has 2 N–H and O–H groups in total. The van der Waals surface area contributed by atoms with E-state index in [4.69, 9.17) is 5.11 Å². The predicted octanol–water partition coefficient (Wildman–Crippen LogP) is 2.56. The van der Waals surface area contributed by atoms with Crippen molar-refractivity contribution in [3.8, 4) is 0 Å². The Morgan fingerprint density at radius 1 is 1.28 bits per heavy atom. The number of rotatable bonds is 4. The summed E-state index contributed by atoms with van der Waals surface area (Å²) in [7, 11) is 0. The molecule has 1 aliphatic rings. The zero-order valence-electron chi connectivity index (χ0n) is 10.2. The van der Waals surface area contributed by atoms with Crippen molar-refractivity contribution in [2.24, 2.45) is 5.92 Å². The van der Waals surface area contributed by atoms with Crippen LogP contribution in [0.15, 0.2) is 24.3 Å². The normalized spacial score (nSPS) is 23.8. The second kappa shape index (κ2) is 5.96. The topological polar surface area (TPSA) is 49.3 Å². The Morgan fingerprint density at radius 3 is 2.56 bits per heavy atom. The molecule has 0 radical (unpaired) electrons. The number of carboxylic acids is 1. The summed E-state index contributed by atoms with van der Waals surface area (Å²) in [4.78, 5) is 10.8. The van der Waals surface area contributed by atoms with Gasteiger partial charge in [-0.1, -0.05) is 18.2 Å². The molecule has 0 heterocycles. The van der Waals surface area contributed by atoms with Crippen LogP contribution in [0.25, 0.3) is 0 Å². The van der Waals surface area contributed by atoms with E-state index in [0.29, 0.717) is 31.0 Å². The molecule has 0 saturated heterocycles. The third-order valence-corrected chi connectivity index (χ3v) is 3.62. The van der Waals surface area contributed by atoms with E-state index in [1.165, 1.54) is 6.07 Å². The Labute approximate surface area is 106 Å². The van der Waals surface area contributed by atoms with Gasteiger partial charge < -0.3 is 10.4 Å². The van der Waals surface area contributed by atoms with Gasteiger partial charge in [0.15, 0.2) is 0 Å². The van der Waals surface area contributed by atoms with Gasteiger partial charge in [0, 0.05) is 18.2 Å². The molecule has 1 aromatic carbocycles. The SMILES string of the molecule is O=C(O)C1CCC(NCc2ccccc2F)CC1. The van der Waals surface area contributed by atoms with Crippen molar-refractivity contribution in [2.75, 3.05) is 0 Å². The highest BCUT2D eigenvalue weighted by Crippen LogP contribution is 2.24. The number of hydrogen-bond acceptors (Lipinski definition) is 2. The molecule has 0 spiro atoms. The van der Waals surface area contributed by atoms with Crippen LogP contribution >= 0.6 is 0 Å². The molecule has 2 rings (SSSR count). The van der Waals surface area contributed by atoms with Gasteiger partial charge in [0.2, 0.25) is 0 Å². The first-order valence-electron chi connectivity index (χ1n) is 6.36. The van der Waals surface area contributed by atoms with Gasteiger partial charge in [0.05, 0.1) is 5.92 Å². The molecule has 1 aliphatic carbocycles. The highest BCUT2D eigenvalue weighted by atomic mass is 19.1. The number of halogens is 1. The number of aliphatic carboxylic acids is 1. The first kappa shape index (κ1) is 13.0. The molecule has 0 amide bonds. The zero-order valence-corrected chi connectivity index (χ0v) is 10.2. The van der Waals surface area contributed by atoms with Gasteiger partial charge in [0.1, 0.15) is 5.82 Å². The second-order valence-electron chi connectivity index (χ2n) is 4.86. The number of carboxylic acid groups (broad SMARTS) is 1. The molecule has 1 aromatic rings. The van der Waals surface area contributed by atoms with E-state index in [9.17, 15) is 9.18 Å². The fourth-order valence-electron chi connectivity index (χ4n) is 2.44. The summed E-state index contributed by atoms with van der Waals surface area (Å²) in [6.45, 7) is 0.509. The van der Waals surface area contributed by atoms with Crippen molar-refractivity contribution in [3.05, 3.63) is 35.6 Å². The molecule has 0 aliphatic heterocycles. The summed E-state index contributed by atoms with van der Waals surface area (Å²) in [5.41, 5.74) is 0.665. The first-order chi connectivity index (χ1) is 8.66. The lowest BCUT2D eigenvalue weighted by molar-refractivity contribution is -0.142. The predicted molar refractivity (Wildman–Crippen MR) is 66.6 cm³/mol. The highest BCUT2D eigenvalue weighted by molar-refractivity contribution is 5.70. The van der Waals surface area contributed by atoms with Gasteiger partial charge in [-0.15, -0.1) is 0 Å². The zero-order chi connectivity index (χ0) is 13.0. The lowest BCUT2D eigenvalue weighted by atomic mass is 9.86. The smallest absolute Gasteiger partial charge is 0.306 e. The fourth-order valence-corrected chi connectivity index (χ4v) is 2.44. The Morgan fingerprint density at radius 2 is 1.94 bits per heavy atom. The molecule has 0 bridgehead atoms. The van der Waals surface area contributed by atoms with Crippen molar-refractivity contribution >= 4 is 5.97 Å². The molecule has 0 aromatic heterocycles. The summed E-state index contributed by atoms with van der Waals surface area (Å²) < 4.78 is 13.4. The fraction of sp³-hybridized carbons (Fsp3) is 0.500. The molecule has 98 valence electrons. The van der Waals surface area contributed by atoms with Gasteiger partial charge in [-0.3, -0.25) is 4.79 Å². The minimum Gasteiger partial charge on any atom is -0.481 e. The van der Waals surface area contributed by atoms with Gasteiger partial charge in [-0.05, 0) is 31.7 Å². The van der Waals surface area contributed by atoms with E-state index in [2.05, 4.69) is 5.32 Å². The second-order valence-corrected chi connectivity index (χ2v) is 4.86. The summed E-state index contributed by atoms with van der Waals surface area (Å²) in [5.74, 6) is -1.08. The number of benzene rings is 1. The summed E-state index contributed by atoms with van der Waals surface area (Å²) in [5, 5.41) is 12.2. The van der Waals surface area contributed by atoms with Crippen LogP contribution in [0.5, 0.6) is 0 Å². The molecule has 18 heavy (non-hydrogen) atoms. The minimum atomic E-state index is -0.692. The summed E-state index contributed by atoms with van der Waals surface area (Å²) >= 11 is 0. The van der Waals surface area contributed by atoms with Gasteiger partial charge in [-0.2, -0.15) is 0 Å². The highest BCUT2D eigenvalue weighted by Gasteiger charge is 2.25. The van der Waals surface area contributed by atoms with Crippen molar-refractivity contribution in [2.45, 2.75) is 38.3 Å². The van der Waals surface area contributed by atoms with Gasteiger partial charge >= 0.3 is 5.97 Å². The van der Waals surface area contributed by atoms with Gasteiger partial charge in [-0.25, -0.2) is 4.39 Å². The third kappa shape index (κ3) is 3.29. The van der Waals surface area contributed by atoms with E-state index in [0.717, 1.165) is 12.8 Å². The summed E-state index contributed by atoms with van der Waals surface area (Å²) in [6, 6.07) is 7.03. The molecule has 3 nitrogen and oxygen atoms in total. The minimum absolute atomic E-state index is 0.191. The molecular formula is C14H18FNO2. The average Bonchev–Trinajstić information content (AvgIpc) is 2.38. The third-order valence-electron chi connectivity index (χ3n) is 3.62. The van der Waals surface area contributed by atoms with Crippen LogP contribution in [0.3, 0.4) is 0 Å². The van der Waals surface area contributed by atoms with Crippen molar-refractivity contribution in [1.29, 1.82) is 0 Å². The Bertz CT molecular complexity index is 414. The number of carbonyl (C=O) groups is 1. The Balaban J connectivity index is 1.79. The van der Waals surface area contributed by atoms with Crippen LogP contribution in [-0.2, 0) is 11.3 Å². The van der Waals surface area contributed by atoms with Crippen molar-refractivity contribution in [1.82, 2.24) is 5.32 Å². The maximum Gasteiger partial charge on any atom is 0.306 e. The average molecular weight is 251 g/mol. The lowest BCUT2D eigenvalue weighted by Gasteiger charge is -2.27. The van der Waals surface area contributed by atoms with Crippen LogP contribution in [0.4, 0.5) is 4.39 Å².